The van der Waals surface area contributed by atoms with Crippen molar-refractivity contribution in [2.75, 3.05) is 11.9 Å². The number of hydrogen-bond acceptors (Lipinski definition) is 6. The Labute approximate surface area is 104 Å². The van der Waals surface area contributed by atoms with Crippen molar-refractivity contribution in [2.45, 2.75) is 26.3 Å². The Kier molecular flexibility index (Phi) is 2.97. The van der Waals surface area contributed by atoms with E-state index in [4.69, 9.17) is 5.21 Å². The summed E-state index contributed by atoms with van der Waals surface area (Å²) >= 11 is 0. The summed E-state index contributed by atoms with van der Waals surface area (Å²) in [5.74, 6) is 0. The van der Waals surface area contributed by atoms with Crippen LogP contribution in [0, 0.1) is 5.21 Å². The number of rotatable bonds is 2. The van der Waals surface area contributed by atoms with Crippen LogP contribution in [0.5, 0.6) is 0 Å². The summed E-state index contributed by atoms with van der Waals surface area (Å²) in [5, 5.41) is 26.6. The molecular weight excluding hydrogens is 236 g/mol. The fourth-order valence-corrected chi connectivity index (χ4v) is 1.66. The molecule has 0 saturated carbocycles. The molecule has 0 spiro atoms. The third-order valence-corrected chi connectivity index (χ3v) is 2.99. The SMILES string of the molecule is CN(c1ccc([NH+]([O-])O)c2nonc12)C(C)(C)C. The molecule has 2 N–H and O–H groups in total. The Morgan fingerprint density at radius 2 is 1.89 bits per heavy atom. The monoisotopic (exact) mass is 252 g/mol. The molecule has 0 radical (unpaired) electrons. The van der Waals surface area contributed by atoms with Crippen LogP contribution < -0.4 is 10.1 Å². The van der Waals surface area contributed by atoms with Gasteiger partial charge in [0.1, 0.15) is 0 Å². The first-order valence-electron chi connectivity index (χ1n) is 5.55. The van der Waals surface area contributed by atoms with E-state index in [0.29, 0.717) is 5.52 Å². The number of quaternary nitrogens is 1. The highest BCUT2D eigenvalue weighted by Crippen LogP contribution is 2.30. The number of anilines is 1. The highest BCUT2D eigenvalue weighted by molar-refractivity contribution is 5.93. The number of hydrogen-bond donors (Lipinski definition) is 2. The van der Waals surface area contributed by atoms with Gasteiger partial charge in [-0.2, -0.15) is 5.23 Å². The molecule has 1 aromatic heterocycles. The van der Waals surface area contributed by atoms with Gasteiger partial charge in [-0.3, -0.25) is 0 Å². The average molecular weight is 252 g/mol. The molecule has 0 aliphatic heterocycles. The second-order valence-electron chi connectivity index (χ2n) is 5.13. The molecule has 98 valence electrons. The largest absolute Gasteiger partial charge is 0.595 e. The molecule has 1 heterocycles. The minimum Gasteiger partial charge on any atom is -0.595 e. The van der Waals surface area contributed by atoms with Crippen LogP contribution in [-0.4, -0.2) is 28.1 Å². The van der Waals surface area contributed by atoms with Gasteiger partial charge in [0.2, 0.25) is 5.52 Å². The van der Waals surface area contributed by atoms with Gasteiger partial charge in [-0.05, 0) is 37.2 Å². The average Bonchev–Trinajstić information content (AvgIpc) is 2.73. The molecule has 1 aromatic carbocycles. The van der Waals surface area contributed by atoms with Crippen LogP contribution in [-0.2, 0) is 0 Å². The predicted molar refractivity (Wildman–Crippen MR) is 65.7 cm³/mol. The smallest absolute Gasteiger partial charge is 0.201 e. The van der Waals surface area contributed by atoms with Crippen LogP contribution in [0.3, 0.4) is 0 Å². The molecule has 7 heteroatoms. The normalized spacial score (nSPS) is 13.9. The van der Waals surface area contributed by atoms with Gasteiger partial charge in [-0.1, -0.05) is 0 Å². The van der Waals surface area contributed by atoms with Gasteiger partial charge in [0.15, 0.2) is 11.2 Å². The van der Waals surface area contributed by atoms with Crippen molar-refractivity contribution in [3.63, 3.8) is 0 Å². The highest BCUT2D eigenvalue weighted by Gasteiger charge is 2.24. The Bertz CT molecular complexity index is 559. The molecule has 18 heavy (non-hydrogen) atoms. The molecule has 0 saturated heterocycles. The quantitative estimate of drug-likeness (QED) is 0.770. The third kappa shape index (κ3) is 2.03. The van der Waals surface area contributed by atoms with Crippen molar-refractivity contribution in [1.29, 1.82) is 0 Å². The van der Waals surface area contributed by atoms with Crippen molar-refractivity contribution < 1.29 is 15.1 Å². The summed E-state index contributed by atoms with van der Waals surface area (Å²) in [6, 6.07) is 3.24. The van der Waals surface area contributed by atoms with Crippen molar-refractivity contribution in [1.82, 2.24) is 10.3 Å². The summed E-state index contributed by atoms with van der Waals surface area (Å²) in [7, 11) is 1.92. The number of aromatic nitrogens is 2. The standard InChI is InChI=1S/C11H16N4O3/c1-11(2,3)14(4)7-5-6-8(15(16)17)10-9(7)12-18-13-10/h5-6,15-16H,1-4H3. The van der Waals surface area contributed by atoms with Gasteiger partial charge in [0.25, 0.3) is 0 Å². The first kappa shape index (κ1) is 12.7. The minimum atomic E-state index is -1.04. The topological polar surface area (TPSA) is 89.9 Å². The number of fused-ring (bicyclic) bond motifs is 1. The number of nitrogens with zero attached hydrogens (tertiary/aromatic N) is 3. The molecule has 0 aliphatic carbocycles. The lowest BCUT2D eigenvalue weighted by Gasteiger charge is -2.34. The summed E-state index contributed by atoms with van der Waals surface area (Å²) in [4.78, 5) is 2.01. The fraction of sp³-hybridized carbons (Fsp3) is 0.455. The van der Waals surface area contributed by atoms with Crippen molar-refractivity contribution in [2.24, 2.45) is 0 Å². The van der Waals surface area contributed by atoms with Gasteiger partial charge >= 0.3 is 0 Å². The molecule has 0 bridgehead atoms. The molecule has 7 nitrogen and oxygen atoms in total. The Morgan fingerprint density at radius 3 is 2.44 bits per heavy atom. The summed E-state index contributed by atoms with van der Waals surface area (Å²) in [6.45, 7) is 6.16. The molecule has 2 aromatic rings. The van der Waals surface area contributed by atoms with E-state index < -0.39 is 5.23 Å². The maximum Gasteiger partial charge on any atom is 0.201 e. The van der Waals surface area contributed by atoms with Gasteiger partial charge in [-0.25, -0.2) is 9.84 Å². The maximum absolute atomic E-state index is 11.1. The molecule has 0 fully saturated rings. The van der Waals surface area contributed by atoms with Crippen molar-refractivity contribution >= 4 is 22.4 Å². The van der Waals surface area contributed by atoms with E-state index in [-0.39, 0.29) is 16.7 Å². The van der Waals surface area contributed by atoms with E-state index in [1.54, 1.807) is 6.07 Å². The Hall–Kier alpha value is -1.70. The number of benzene rings is 1. The first-order valence-corrected chi connectivity index (χ1v) is 5.55. The van der Waals surface area contributed by atoms with E-state index in [1.807, 2.05) is 11.9 Å². The van der Waals surface area contributed by atoms with E-state index in [1.165, 1.54) is 6.07 Å². The first-order chi connectivity index (χ1) is 8.32. The van der Waals surface area contributed by atoms with Gasteiger partial charge in [0, 0.05) is 18.7 Å². The number of nitrogens with one attached hydrogen (secondary N) is 1. The van der Waals surface area contributed by atoms with Crippen molar-refractivity contribution in [3.8, 4) is 0 Å². The van der Waals surface area contributed by atoms with Gasteiger partial charge in [0.05, 0.1) is 5.69 Å². The van der Waals surface area contributed by atoms with Crippen LogP contribution >= 0.6 is 0 Å². The van der Waals surface area contributed by atoms with E-state index in [0.717, 1.165) is 5.69 Å². The zero-order valence-electron chi connectivity index (χ0n) is 10.8. The maximum atomic E-state index is 11.1. The summed E-state index contributed by atoms with van der Waals surface area (Å²) in [6.07, 6.45) is 0. The molecule has 2 rings (SSSR count). The lowest BCUT2D eigenvalue weighted by molar-refractivity contribution is -0.990. The van der Waals surface area contributed by atoms with E-state index in [9.17, 15) is 5.21 Å². The van der Waals surface area contributed by atoms with Crippen LogP contribution in [0.25, 0.3) is 11.0 Å². The zero-order chi connectivity index (χ0) is 13.5. The Morgan fingerprint density at radius 1 is 1.28 bits per heavy atom. The van der Waals surface area contributed by atoms with Crippen LogP contribution in [0.15, 0.2) is 16.8 Å². The highest BCUT2D eigenvalue weighted by atomic mass is 16.8. The minimum absolute atomic E-state index is 0.0947. The lowest BCUT2D eigenvalue weighted by Crippen LogP contribution is -2.99. The van der Waals surface area contributed by atoms with Crippen LogP contribution in [0.2, 0.25) is 0 Å². The Balaban J connectivity index is 2.62. The van der Waals surface area contributed by atoms with Crippen LogP contribution in [0.4, 0.5) is 11.4 Å². The third-order valence-electron chi connectivity index (χ3n) is 2.99. The summed E-state index contributed by atoms with van der Waals surface area (Å²) < 4.78 is 4.67. The second kappa shape index (κ2) is 4.20. The second-order valence-corrected chi connectivity index (χ2v) is 5.13. The molecule has 1 atom stereocenters. The molecule has 1 unspecified atom stereocenters. The predicted octanol–water partition coefficient (Wildman–Crippen LogP) is 0.861. The van der Waals surface area contributed by atoms with E-state index >= 15 is 0 Å². The summed E-state index contributed by atoms with van der Waals surface area (Å²) in [5.41, 5.74) is 1.51. The van der Waals surface area contributed by atoms with Gasteiger partial charge in [-0.15, -0.1) is 0 Å². The molecular formula is C11H16N4O3. The van der Waals surface area contributed by atoms with Gasteiger partial charge < -0.3 is 10.1 Å². The van der Waals surface area contributed by atoms with E-state index in [2.05, 4.69) is 35.7 Å². The van der Waals surface area contributed by atoms with Crippen molar-refractivity contribution in [3.05, 3.63) is 17.3 Å². The zero-order valence-corrected chi connectivity index (χ0v) is 10.8. The van der Waals surface area contributed by atoms with Crippen LogP contribution in [0.1, 0.15) is 20.8 Å². The lowest BCUT2D eigenvalue weighted by atomic mass is 10.1. The fourth-order valence-electron chi connectivity index (χ4n) is 1.66. The molecule has 0 amide bonds. The molecule has 0 aliphatic rings.